The van der Waals surface area contributed by atoms with Crippen LogP contribution in [0, 0.1) is 27.7 Å². The lowest BCUT2D eigenvalue weighted by atomic mass is 9.82. The van der Waals surface area contributed by atoms with Crippen molar-refractivity contribution in [1.82, 2.24) is 10.2 Å². The molecule has 0 aromatic heterocycles. The topological polar surface area (TPSA) is 92.6 Å². The first-order chi connectivity index (χ1) is 32.0. The monoisotopic (exact) mass is 986 g/mol. The summed E-state index contributed by atoms with van der Waals surface area (Å²) in [5, 5.41) is 4.89. The lowest BCUT2D eigenvalue weighted by Gasteiger charge is -2.27. The van der Waals surface area contributed by atoms with Gasteiger partial charge in [-0.2, -0.15) is 0 Å². The summed E-state index contributed by atoms with van der Waals surface area (Å²) in [6, 6.07) is 15.0. The van der Waals surface area contributed by atoms with E-state index in [4.69, 9.17) is 14.5 Å². The van der Waals surface area contributed by atoms with Gasteiger partial charge in [-0.1, -0.05) is 140 Å². The summed E-state index contributed by atoms with van der Waals surface area (Å²) < 4.78 is 12.2. The van der Waals surface area contributed by atoms with Gasteiger partial charge in [0, 0.05) is 78.5 Å². The molecule has 3 aromatic carbocycles. The number of nitrogens with one attached hydrogen (secondary N) is 1. The van der Waals surface area contributed by atoms with Crippen LogP contribution in [0.1, 0.15) is 156 Å². The number of ether oxygens (including phenoxy) is 2. The standard InChI is InChI=1S/C31H42N2O2S2.C24H36N2O2S2/c1-22-19-27(31(3,4)5)30(35-29(34)14-10-9-13-25-15-18-36-37-25)23(2)26(22)20-28-32-16-17-33(28)21-24-11-7-6-8-12-24;1-16-14-20(24(3,4)5)23(17(2)19(16)15-21-25-11-12-26-21)28-22(27)9-7-6-8-18-10-13-29-30-18/h6-8,11-12,19,25H,9-10,13-18,20-21H2,1-5H3;14,18H,6-13,15H2,1-5H3,(H,25,26)/t25-;18-/m11/s1. The fourth-order valence-corrected chi connectivity index (χ4v) is 15.3. The molecular formula is C55H78N4O4S4. The number of unbranched alkanes of at least 4 members (excludes halogenated alkanes) is 2. The molecule has 0 radical (unpaired) electrons. The second-order valence-electron chi connectivity index (χ2n) is 20.8. The minimum Gasteiger partial charge on any atom is -0.426 e. The number of carbonyl (C=O) groups excluding carboxylic acids is 2. The number of carbonyl (C=O) groups is 2. The first kappa shape index (κ1) is 53.3. The molecule has 8 nitrogen and oxygen atoms in total. The van der Waals surface area contributed by atoms with Crippen molar-refractivity contribution in [1.29, 1.82) is 0 Å². The number of aryl methyl sites for hydroxylation is 2. The molecule has 1 N–H and O–H groups in total. The summed E-state index contributed by atoms with van der Waals surface area (Å²) in [6.45, 7) is 26.1. The van der Waals surface area contributed by atoms with E-state index < -0.39 is 0 Å². The van der Waals surface area contributed by atoms with Crippen LogP contribution in [0.25, 0.3) is 0 Å². The average Bonchev–Trinajstić information content (AvgIpc) is 4.14. The Morgan fingerprint density at radius 3 is 1.69 bits per heavy atom. The Kier molecular flexibility index (Phi) is 20.0. The Labute approximate surface area is 419 Å². The maximum Gasteiger partial charge on any atom is 0.311 e. The van der Waals surface area contributed by atoms with E-state index >= 15 is 0 Å². The molecule has 0 bridgehead atoms. The summed E-state index contributed by atoms with van der Waals surface area (Å²) in [5.41, 5.74) is 10.4. The highest BCUT2D eigenvalue weighted by Gasteiger charge is 2.29. The van der Waals surface area contributed by atoms with Gasteiger partial charge in [-0.25, -0.2) is 0 Å². The molecule has 4 aliphatic heterocycles. The van der Waals surface area contributed by atoms with Gasteiger partial charge in [-0.05, 0) is 116 Å². The van der Waals surface area contributed by atoms with Crippen LogP contribution in [-0.2, 0) is 39.8 Å². The smallest absolute Gasteiger partial charge is 0.311 e. The number of rotatable bonds is 18. The van der Waals surface area contributed by atoms with E-state index in [-0.39, 0.29) is 22.8 Å². The normalized spacial score (nSPS) is 18.3. The summed E-state index contributed by atoms with van der Waals surface area (Å²) in [7, 11) is 7.99. The molecule has 0 spiro atoms. The van der Waals surface area contributed by atoms with E-state index in [2.05, 4.69) is 127 Å². The molecule has 2 atom stereocenters. The lowest BCUT2D eigenvalue weighted by Crippen LogP contribution is -2.29. The van der Waals surface area contributed by atoms with Crippen molar-refractivity contribution in [3.63, 3.8) is 0 Å². The minimum atomic E-state index is -0.120. The number of benzene rings is 3. The largest absolute Gasteiger partial charge is 0.426 e. The Balaban J connectivity index is 0.000000226. The average molecular weight is 988 g/mol. The molecule has 67 heavy (non-hydrogen) atoms. The summed E-state index contributed by atoms with van der Waals surface area (Å²) in [4.78, 5) is 37.5. The first-order valence-corrected chi connectivity index (χ1v) is 29.6. The first-order valence-electron chi connectivity index (χ1n) is 24.8. The van der Waals surface area contributed by atoms with Crippen LogP contribution in [-0.4, -0.2) is 76.7 Å². The highest BCUT2D eigenvalue weighted by atomic mass is 33.1. The van der Waals surface area contributed by atoms with Gasteiger partial charge >= 0.3 is 11.9 Å². The van der Waals surface area contributed by atoms with E-state index in [9.17, 15) is 9.59 Å². The third-order valence-corrected chi connectivity index (χ3v) is 19.2. The second kappa shape index (κ2) is 25.2. The highest BCUT2D eigenvalue weighted by molar-refractivity contribution is 8.77. The number of amidine groups is 2. The molecule has 0 unspecified atom stereocenters. The van der Waals surface area contributed by atoms with Gasteiger partial charge in [0.15, 0.2) is 0 Å². The van der Waals surface area contributed by atoms with E-state index in [1.165, 1.54) is 65.0 Å². The van der Waals surface area contributed by atoms with Gasteiger partial charge < -0.3 is 19.7 Å². The van der Waals surface area contributed by atoms with Gasteiger partial charge in [0.25, 0.3) is 0 Å². The maximum atomic E-state index is 13.0. The van der Waals surface area contributed by atoms with E-state index in [0.717, 1.165) is 127 Å². The molecule has 0 aliphatic carbocycles. The van der Waals surface area contributed by atoms with Crippen LogP contribution >= 0.6 is 43.2 Å². The van der Waals surface area contributed by atoms with E-state index in [1.54, 1.807) is 0 Å². The Hall–Kier alpha value is -3.06. The Morgan fingerprint density at radius 1 is 0.701 bits per heavy atom. The number of nitrogens with zero attached hydrogens (tertiary/aromatic N) is 3. The van der Waals surface area contributed by atoms with Gasteiger partial charge in [-0.15, -0.1) is 0 Å². The third-order valence-electron chi connectivity index (χ3n) is 13.2. The van der Waals surface area contributed by atoms with Crippen LogP contribution in [0.3, 0.4) is 0 Å². The van der Waals surface area contributed by atoms with Crippen LogP contribution in [0.5, 0.6) is 11.5 Å². The Bertz CT molecular complexity index is 2200. The Morgan fingerprint density at radius 2 is 1.22 bits per heavy atom. The van der Waals surface area contributed by atoms with Crippen molar-refractivity contribution in [3.8, 4) is 11.5 Å². The van der Waals surface area contributed by atoms with E-state index in [0.29, 0.717) is 12.8 Å². The molecule has 3 aromatic rings. The highest BCUT2D eigenvalue weighted by Crippen LogP contribution is 2.42. The molecule has 4 aliphatic rings. The van der Waals surface area contributed by atoms with Crippen molar-refractivity contribution in [3.05, 3.63) is 92.5 Å². The zero-order valence-corrected chi connectivity index (χ0v) is 45.5. The fraction of sp³-hybridized carbons (Fsp3) is 0.600. The third kappa shape index (κ3) is 15.7. The van der Waals surface area contributed by atoms with Crippen molar-refractivity contribution in [2.24, 2.45) is 9.98 Å². The molecular weight excluding hydrogens is 909 g/mol. The van der Waals surface area contributed by atoms with Crippen molar-refractivity contribution in [2.75, 3.05) is 37.7 Å². The zero-order valence-electron chi connectivity index (χ0n) is 42.2. The zero-order chi connectivity index (χ0) is 48.1. The summed E-state index contributed by atoms with van der Waals surface area (Å²) >= 11 is 0. The molecule has 366 valence electrons. The molecule has 0 amide bonds. The van der Waals surface area contributed by atoms with Gasteiger partial charge in [-0.3, -0.25) is 19.6 Å². The molecule has 2 saturated heterocycles. The van der Waals surface area contributed by atoms with Crippen LogP contribution in [0.4, 0.5) is 0 Å². The van der Waals surface area contributed by atoms with Gasteiger partial charge in [0.05, 0.1) is 13.1 Å². The molecule has 4 heterocycles. The van der Waals surface area contributed by atoms with Crippen LogP contribution in [0.15, 0.2) is 52.4 Å². The van der Waals surface area contributed by atoms with E-state index in [1.807, 2.05) is 43.2 Å². The van der Waals surface area contributed by atoms with Crippen molar-refractivity contribution in [2.45, 2.75) is 174 Å². The second-order valence-corrected chi connectivity index (χ2v) is 26.3. The minimum absolute atomic E-state index is 0.0931. The van der Waals surface area contributed by atoms with Crippen molar-refractivity contribution < 1.29 is 19.1 Å². The summed E-state index contributed by atoms with van der Waals surface area (Å²) in [6.07, 6.45) is 11.5. The molecule has 12 heteroatoms. The molecule has 0 saturated carbocycles. The predicted octanol–water partition coefficient (Wildman–Crippen LogP) is 13.4. The van der Waals surface area contributed by atoms with Crippen molar-refractivity contribution >= 4 is 66.8 Å². The number of hydrogen-bond acceptors (Lipinski definition) is 12. The quantitative estimate of drug-likeness (QED) is 0.0575. The summed E-state index contributed by atoms with van der Waals surface area (Å²) in [5.74, 6) is 5.98. The lowest BCUT2D eigenvalue weighted by molar-refractivity contribution is -0.135. The van der Waals surface area contributed by atoms with Crippen LogP contribution in [0.2, 0.25) is 0 Å². The molecule has 2 fully saturated rings. The predicted molar refractivity (Wildman–Crippen MR) is 291 cm³/mol. The number of hydrogen-bond donors (Lipinski definition) is 1. The maximum absolute atomic E-state index is 13.0. The number of aliphatic imine (C=N–C) groups is 2. The number of esters is 2. The van der Waals surface area contributed by atoms with Gasteiger partial charge in [0.2, 0.25) is 0 Å². The molecule has 7 rings (SSSR count). The fourth-order valence-electron chi connectivity index (χ4n) is 9.23. The SMILES string of the molecule is Cc1cc(C(C)(C)C)c(OC(=O)CCCC[C@@H]2CCSS2)c(C)c1CC1=NCCN1.Cc1cc(C(C)(C)C)c(OC(=O)CCCC[C@@H]2CCSS2)c(C)c1CC1=NCCN1Cc1ccccc1. The van der Waals surface area contributed by atoms with Crippen LogP contribution < -0.4 is 14.8 Å². The van der Waals surface area contributed by atoms with Gasteiger partial charge in [0.1, 0.15) is 23.2 Å².